The summed E-state index contributed by atoms with van der Waals surface area (Å²) in [5.74, 6) is -0.684. The molecule has 1 amide bonds. The van der Waals surface area contributed by atoms with Crippen molar-refractivity contribution < 1.29 is 9.18 Å². The van der Waals surface area contributed by atoms with Gasteiger partial charge in [-0.05, 0) is 37.8 Å². The summed E-state index contributed by atoms with van der Waals surface area (Å²) in [6.07, 6.45) is 2.00. The Labute approximate surface area is 111 Å². The van der Waals surface area contributed by atoms with E-state index in [4.69, 9.17) is 18.0 Å². The number of carbonyl (C=O) groups excluding carboxylic acids is 1. The van der Waals surface area contributed by atoms with Crippen LogP contribution in [0.1, 0.15) is 28.8 Å². The highest BCUT2D eigenvalue weighted by Crippen LogP contribution is 2.33. The molecule has 0 spiro atoms. The van der Waals surface area contributed by atoms with Gasteiger partial charge in [-0.25, -0.2) is 4.39 Å². The summed E-state index contributed by atoms with van der Waals surface area (Å²) in [6.45, 7) is 1.81. The Balaban J connectivity index is 2.15. The fraction of sp³-hybridized carbons (Fsp3) is 0.385. The predicted octanol–water partition coefficient (Wildman–Crippen LogP) is 1.93. The highest BCUT2D eigenvalue weighted by Gasteiger charge is 2.34. The highest BCUT2D eigenvalue weighted by atomic mass is 32.1. The zero-order valence-corrected chi connectivity index (χ0v) is 10.9. The smallest absolute Gasteiger partial charge is 0.254 e. The van der Waals surface area contributed by atoms with E-state index >= 15 is 0 Å². The minimum Gasteiger partial charge on any atom is -0.392 e. The summed E-state index contributed by atoms with van der Waals surface area (Å²) in [5, 5.41) is 2.72. The van der Waals surface area contributed by atoms with Crippen LogP contribution in [-0.2, 0) is 0 Å². The van der Waals surface area contributed by atoms with E-state index in [1.807, 2.05) is 6.92 Å². The first kappa shape index (κ1) is 13.0. The SMILES string of the molecule is Cc1ccc(F)c(C(=O)NC(C(N)=S)C2CC2)c1. The van der Waals surface area contributed by atoms with Crippen LogP contribution in [0.4, 0.5) is 4.39 Å². The van der Waals surface area contributed by atoms with Crippen molar-refractivity contribution in [2.24, 2.45) is 11.7 Å². The van der Waals surface area contributed by atoms with Gasteiger partial charge in [0, 0.05) is 0 Å². The van der Waals surface area contributed by atoms with Crippen LogP contribution in [-0.4, -0.2) is 16.9 Å². The van der Waals surface area contributed by atoms with E-state index in [9.17, 15) is 9.18 Å². The van der Waals surface area contributed by atoms with Gasteiger partial charge in [0.15, 0.2) is 0 Å². The van der Waals surface area contributed by atoms with Crippen LogP contribution in [0.25, 0.3) is 0 Å². The Morgan fingerprint density at radius 1 is 1.56 bits per heavy atom. The van der Waals surface area contributed by atoms with Gasteiger partial charge in [0.1, 0.15) is 5.82 Å². The van der Waals surface area contributed by atoms with Crippen LogP contribution < -0.4 is 11.1 Å². The largest absolute Gasteiger partial charge is 0.392 e. The Morgan fingerprint density at radius 2 is 2.22 bits per heavy atom. The van der Waals surface area contributed by atoms with Gasteiger partial charge >= 0.3 is 0 Å². The number of hydrogen-bond acceptors (Lipinski definition) is 2. The van der Waals surface area contributed by atoms with Crippen LogP contribution in [0.15, 0.2) is 18.2 Å². The van der Waals surface area contributed by atoms with Gasteiger partial charge in [-0.1, -0.05) is 23.8 Å². The second kappa shape index (κ2) is 5.02. The van der Waals surface area contributed by atoms with Crippen LogP contribution in [0, 0.1) is 18.7 Å². The molecule has 1 aromatic carbocycles. The first-order chi connectivity index (χ1) is 8.49. The summed E-state index contributed by atoms with van der Waals surface area (Å²) >= 11 is 4.93. The Hall–Kier alpha value is -1.49. The maximum atomic E-state index is 13.6. The maximum absolute atomic E-state index is 13.6. The molecule has 18 heavy (non-hydrogen) atoms. The molecule has 3 nitrogen and oxygen atoms in total. The molecule has 0 saturated heterocycles. The monoisotopic (exact) mass is 266 g/mol. The standard InChI is InChI=1S/C13H15FN2OS/c1-7-2-5-10(14)9(6-7)13(17)16-11(12(15)18)8-3-4-8/h2,5-6,8,11H,3-4H2,1H3,(H2,15,18)(H,16,17). The van der Waals surface area contributed by atoms with E-state index in [-0.39, 0.29) is 16.6 Å². The van der Waals surface area contributed by atoms with Gasteiger partial charge in [-0.15, -0.1) is 0 Å². The number of thiocarbonyl (C=S) groups is 1. The molecule has 3 N–H and O–H groups in total. The van der Waals surface area contributed by atoms with Crippen molar-refractivity contribution in [3.05, 3.63) is 35.1 Å². The van der Waals surface area contributed by atoms with E-state index in [1.54, 1.807) is 6.07 Å². The average Bonchev–Trinajstić information content (AvgIpc) is 3.12. The van der Waals surface area contributed by atoms with Gasteiger partial charge in [0.05, 0.1) is 16.6 Å². The molecule has 1 aromatic rings. The molecule has 2 rings (SSSR count). The third kappa shape index (κ3) is 2.85. The molecule has 0 aliphatic heterocycles. The highest BCUT2D eigenvalue weighted by molar-refractivity contribution is 7.80. The number of hydrogen-bond donors (Lipinski definition) is 2. The summed E-state index contributed by atoms with van der Waals surface area (Å²) in [4.78, 5) is 12.3. The van der Waals surface area contributed by atoms with Crippen LogP contribution in [0.5, 0.6) is 0 Å². The summed E-state index contributed by atoms with van der Waals surface area (Å²) in [5.41, 5.74) is 6.47. The summed E-state index contributed by atoms with van der Waals surface area (Å²) in [7, 11) is 0. The minimum atomic E-state index is -0.532. The third-order valence-corrected chi connectivity index (χ3v) is 3.31. The number of aryl methyl sites for hydroxylation is 1. The van der Waals surface area contributed by atoms with Crippen molar-refractivity contribution in [2.45, 2.75) is 25.8 Å². The van der Waals surface area contributed by atoms with Crippen LogP contribution in [0.3, 0.4) is 0 Å². The Morgan fingerprint density at radius 3 is 2.78 bits per heavy atom. The lowest BCUT2D eigenvalue weighted by molar-refractivity contribution is 0.0939. The molecule has 0 radical (unpaired) electrons. The first-order valence-electron chi connectivity index (χ1n) is 5.85. The maximum Gasteiger partial charge on any atom is 0.254 e. The molecule has 0 bridgehead atoms. The van der Waals surface area contributed by atoms with Crippen molar-refractivity contribution in [3.63, 3.8) is 0 Å². The van der Waals surface area contributed by atoms with Gasteiger partial charge in [0.25, 0.3) is 5.91 Å². The van der Waals surface area contributed by atoms with E-state index in [0.29, 0.717) is 5.92 Å². The molecule has 0 aromatic heterocycles. The predicted molar refractivity (Wildman–Crippen MR) is 71.9 cm³/mol. The van der Waals surface area contributed by atoms with E-state index in [0.717, 1.165) is 18.4 Å². The van der Waals surface area contributed by atoms with Gasteiger partial charge in [-0.3, -0.25) is 4.79 Å². The zero-order valence-electron chi connectivity index (χ0n) is 10.1. The number of benzene rings is 1. The molecule has 1 atom stereocenters. The fourth-order valence-corrected chi connectivity index (χ4v) is 2.13. The van der Waals surface area contributed by atoms with Gasteiger partial charge < -0.3 is 11.1 Å². The van der Waals surface area contributed by atoms with Gasteiger partial charge in [-0.2, -0.15) is 0 Å². The Kier molecular flexibility index (Phi) is 3.61. The number of nitrogens with one attached hydrogen (secondary N) is 1. The second-order valence-electron chi connectivity index (χ2n) is 4.67. The van der Waals surface area contributed by atoms with E-state index in [1.165, 1.54) is 12.1 Å². The molecular formula is C13H15FN2OS. The van der Waals surface area contributed by atoms with Crippen molar-refractivity contribution in [2.75, 3.05) is 0 Å². The number of nitrogens with two attached hydrogens (primary N) is 1. The van der Waals surface area contributed by atoms with Crippen LogP contribution in [0.2, 0.25) is 0 Å². The van der Waals surface area contributed by atoms with Crippen molar-refractivity contribution in [1.29, 1.82) is 0 Å². The number of rotatable bonds is 4. The lowest BCUT2D eigenvalue weighted by Crippen LogP contribution is -2.45. The van der Waals surface area contributed by atoms with E-state index < -0.39 is 11.7 Å². The molecule has 5 heteroatoms. The average molecular weight is 266 g/mol. The Bertz CT molecular complexity index is 500. The number of amides is 1. The van der Waals surface area contributed by atoms with Crippen molar-refractivity contribution in [1.82, 2.24) is 5.32 Å². The lowest BCUT2D eigenvalue weighted by atomic mass is 10.1. The minimum absolute atomic E-state index is 0.0388. The zero-order chi connectivity index (χ0) is 13.3. The molecule has 1 aliphatic carbocycles. The fourth-order valence-electron chi connectivity index (χ4n) is 1.88. The molecular weight excluding hydrogens is 251 g/mol. The number of carbonyl (C=O) groups is 1. The molecule has 1 unspecified atom stereocenters. The third-order valence-electron chi connectivity index (χ3n) is 3.05. The first-order valence-corrected chi connectivity index (χ1v) is 6.26. The van der Waals surface area contributed by atoms with E-state index in [2.05, 4.69) is 5.32 Å². The lowest BCUT2D eigenvalue weighted by Gasteiger charge is -2.17. The topological polar surface area (TPSA) is 55.1 Å². The quantitative estimate of drug-likeness (QED) is 0.819. The van der Waals surface area contributed by atoms with Gasteiger partial charge in [0.2, 0.25) is 0 Å². The molecule has 0 heterocycles. The molecule has 1 saturated carbocycles. The molecule has 96 valence electrons. The molecule has 1 aliphatic rings. The summed E-state index contributed by atoms with van der Waals surface area (Å²) in [6, 6.07) is 4.11. The van der Waals surface area contributed by atoms with Crippen molar-refractivity contribution >= 4 is 23.1 Å². The molecule has 1 fully saturated rings. The normalized spacial score (nSPS) is 16.1. The number of halogens is 1. The van der Waals surface area contributed by atoms with Crippen molar-refractivity contribution in [3.8, 4) is 0 Å². The second-order valence-corrected chi connectivity index (χ2v) is 5.15. The van der Waals surface area contributed by atoms with Crippen LogP contribution >= 0.6 is 12.2 Å². The summed E-state index contributed by atoms with van der Waals surface area (Å²) < 4.78 is 13.6.